The molecule has 1 aliphatic rings. The van der Waals surface area contributed by atoms with Crippen LogP contribution in [-0.2, 0) is 12.7 Å². The molecule has 2 aromatic rings. The third-order valence-corrected chi connectivity index (χ3v) is 4.44. The second-order valence-electron chi connectivity index (χ2n) is 6.51. The van der Waals surface area contributed by atoms with E-state index in [9.17, 15) is 27.1 Å². The summed E-state index contributed by atoms with van der Waals surface area (Å²) in [6.45, 7) is 0.508. The first-order valence-corrected chi connectivity index (χ1v) is 8.40. The van der Waals surface area contributed by atoms with Crippen LogP contribution in [0.1, 0.15) is 17.5 Å². The zero-order valence-corrected chi connectivity index (χ0v) is 14.2. The number of nitrogens with zero attached hydrogens (tertiary/aromatic N) is 1. The van der Waals surface area contributed by atoms with Gasteiger partial charge in [0.05, 0.1) is 5.56 Å². The van der Waals surface area contributed by atoms with Crippen LogP contribution < -0.4 is 4.74 Å². The highest BCUT2D eigenvalue weighted by Crippen LogP contribution is 2.33. The predicted octanol–water partition coefficient (Wildman–Crippen LogP) is 4.00. The maximum absolute atomic E-state index is 13.2. The van der Waals surface area contributed by atoms with Crippen molar-refractivity contribution >= 4 is 0 Å². The van der Waals surface area contributed by atoms with E-state index in [0.717, 1.165) is 18.2 Å². The van der Waals surface area contributed by atoms with Crippen molar-refractivity contribution < 1.29 is 31.8 Å². The topological polar surface area (TPSA) is 32.7 Å². The van der Waals surface area contributed by atoms with E-state index in [1.165, 1.54) is 18.2 Å². The highest BCUT2D eigenvalue weighted by molar-refractivity contribution is 5.29. The number of hydrogen-bond acceptors (Lipinski definition) is 3. The van der Waals surface area contributed by atoms with Gasteiger partial charge in [-0.15, -0.1) is 0 Å². The van der Waals surface area contributed by atoms with E-state index in [1.54, 1.807) is 4.90 Å². The second kappa shape index (κ2) is 7.82. The molecule has 27 heavy (non-hydrogen) atoms. The molecule has 1 fully saturated rings. The van der Waals surface area contributed by atoms with Crippen molar-refractivity contribution in [1.82, 2.24) is 4.90 Å². The minimum atomic E-state index is -4.45. The second-order valence-corrected chi connectivity index (χ2v) is 6.51. The Hall–Kier alpha value is -2.19. The standard InChI is InChI=1S/C19H18F5NO2/c20-13-7-14(21)9-15(8-13)27-18-5-6-25(11-17(18)26)10-12-3-1-2-4-16(12)19(22,23)24/h1-4,7-9,17-18,26H,5-6,10-11H2/t17-,18-/m1/s1. The highest BCUT2D eigenvalue weighted by atomic mass is 19.4. The average Bonchev–Trinajstić information content (AvgIpc) is 2.56. The number of rotatable bonds is 4. The fourth-order valence-electron chi connectivity index (χ4n) is 3.20. The molecule has 0 radical (unpaired) electrons. The third kappa shape index (κ3) is 4.95. The first-order chi connectivity index (χ1) is 12.7. The molecule has 1 N–H and O–H groups in total. The van der Waals surface area contributed by atoms with Gasteiger partial charge in [-0.25, -0.2) is 8.78 Å². The van der Waals surface area contributed by atoms with Gasteiger partial charge in [0.2, 0.25) is 0 Å². The predicted molar refractivity (Wildman–Crippen MR) is 88.1 cm³/mol. The monoisotopic (exact) mass is 387 g/mol. The minimum Gasteiger partial charge on any atom is -0.487 e. The van der Waals surface area contributed by atoms with E-state index in [4.69, 9.17) is 4.74 Å². The Kier molecular flexibility index (Phi) is 5.67. The molecule has 0 amide bonds. The fourth-order valence-corrected chi connectivity index (χ4v) is 3.20. The van der Waals surface area contributed by atoms with Crippen molar-refractivity contribution in [2.75, 3.05) is 13.1 Å². The lowest BCUT2D eigenvalue weighted by atomic mass is 10.0. The molecule has 0 bridgehead atoms. The molecule has 3 nitrogen and oxygen atoms in total. The lowest BCUT2D eigenvalue weighted by Crippen LogP contribution is -2.48. The summed E-state index contributed by atoms with van der Waals surface area (Å²) in [7, 11) is 0. The molecular weight excluding hydrogens is 369 g/mol. The number of aliphatic hydroxyl groups is 1. The normalized spacial score (nSPS) is 21.3. The first kappa shape index (κ1) is 19.6. The maximum Gasteiger partial charge on any atom is 0.416 e. The molecule has 2 aromatic carbocycles. The fraction of sp³-hybridized carbons (Fsp3) is 0.368. The van der Waals surface area contributed by atoms with Crippen LogP contribution in [0.3, 0.4) is 0 Å². The quantitative estimate of drug-likeness (QED) is 0.805. The summed E-state index contributed by atoms with van der Waals surface area (Å²) in [5.41, 5.74) is -0.572. The zero-order chi connectivity index (χ0) is 19.6. The molecule has 1 saturated heterocycles. The molecule has 8 heteroatoms. The molecule has 0 spiro atoms. The third-order valence-electron chi connectivity index (χ3n) is 4.44. The van der Waals surface area contributed by atoms with Crippen molar-refractivity contribution in [2.45, 2.75) is 31.3 Å². The van der Waals surface area contributed by atoms with Crippen molar-refractivity contribution in [3.05, 3.63) is 65.2 Å². The largest absolute Gasteiger partial charge is 0.487 e. The van der Waals surface area contributed by atoms with Crippen molar-refractivity contribution in [3.8, 4) is 5.75 Å². The Morgan fingerprint density at radius 2 is 1.74 bits per heavy atom. The Morgan fingerprint density at radius 3 is 2.37 bits per heavy atom. The molecule has 0 aromatic heterocycles. The number of piperidine rings is 1. The van der Waals surface area contributed by atoms with Crippen LogP contribution in [-0.4, -0.2) is 35.3 Å². The Morgan fingerprint density at radius 1 is 1.07 bits per heavy atom. The summed E-state index contributed by atoms with van der Waals surface area (Å²) < 4.78 is 71.2. The van der Waals surface area contributed by atoms with Gasteiger partial charge < -0.3 is 9.84 Å². The van der Waals surface area contributed by atoms with Gasteiger partial charge >= 0.3 is 6.18 Å². The molecule has 0 aliphatic carbocycles. The van der Waals surface area contributed by atoms with Crippen LogP contribution in [0.2, 0.25) is 0 Å². The van der Waals surface area contributed by atoms with Gasteiger partial charge in [0.25, 0.3) is 0 Å². The number of halogens is 5. The van der Waals surface area contributed by atoms with Crippen LogP contribution in [0, 0.1) is 11.6 Å². The minimum absolute atomic E-state index is 0.0348. The smallest absolute Gasteiger partial charge is 0.416 e. The summed E-state index contributed by atoms with van der Waals surface area (Å²) in [6.07, 6.45) is -5.82. The number of benzene rings is 2. The molecule has 0 saturated carbocycles. The molecule has 1 aliphatic heterocycles. The summed E-state index contributed by atoms with van der Waals surface area (Å²) >= 11 is 0. The molecule has 1 heterocycles. The lowest BCUT2D eigenvalue weighted by molar-refractivity contribution is -0.138. The van der Waals surface area contributed by atoms with Crippen LogP contribution in [0.25, 0.3) is 0 Å². The lowest BCUT2D eigenvalue weighted by Gasteiger charge is -2.36. The number of ether oxygens (including phenoxy) is 1. The number of aliphatic hydroxyl groups excluding tert-OH is 1. The van der Waals surface area contributed by atoms with Gasteiger partial charge in [-0.3, -0.25) is 4.90 Å². The Balaban J connectivity index is 1.64. The molecule has 146 valence electrons. The maximum atomic E-state index is 13.2. The molecule has 0 unspecified atom stereocenters. The Bertz CT molecular complexity index is 776. The summed E-state index contributed by atoms with van der Waals surface area (Å²) in [5.74, 6) is -1.62. The van der Waals surface area contributed by atoms with Gasteiger partial charge in [-0.2, -0.15) is 13.2 Å². The van der Waals surface area contributed by atoms with E-state index in [0.29, 0.717) is 19.0 Å². The number of hydrogen-bond donors (Lipinski definition) is 1. The van der Waals surface area contributed by atoms with Crippen LogP contribution in [0.4, 0.5) is 22.0 Å². The van der Waals surface area contributed by atoms with Crippen molar-refractivity contribution in [3.63, 3.8) is 0 Å². The summed E-state index contributed by atoms with van der Waals surface area (Å²) in [6, 6.07) is 8.05. The first-order valence-electron chi connectivity index (χ1n) is 8.40. The Labute approximate surface area is 153 Å². The van der Waals surface area contributed by atoms with E-state index in [2.05, 4.69) is 0 Å². The molecular formula is C19H18F5NO2. The van der Waals surface area contributed by atoms with Gasteiger partial charge in [0.1, 0.15) is 29.6 Å². The van der Waals surface area contributed by atoms with Crippen LogP contribution in [0.5, 0.6) is 5.75 Å². The van der Waals surface area contributed by atoms with E-state index >= 15 is 0 Å². The van der Waals surface area contributed by atoms with E-state index < -0.39 is 35.6 Å². The molecule has 3 rings (SSSR count). The average molecular weight is 387 g/mol. The van der Waals surface area contributed by atoms with Crippen LogP contribution >= 0.6 is 0 Å². The highest BCUT2D eigenvalue weighted by Gasteiger charge is 2.35. The number of alkyl halides is 3. The van der Waals surface area contributed by atoms with E-state index in [1.807, 2.05) is 0 Å². The zero-order valence-electron chi connectivity index (χ0n) is 14.2. The summed E-state index contributed by atoms with van der Waals surface area (Å²) in [4.78, 5) is 1.70. The van der Waals surface area contributed by atoms with Gasteiger partial charge in [-0.1, -0.05) is 18.2 Å². The van der Waals surface area contributed by atoms with Gasteiger partial charge in [-0.05, 0) is 18.1 Å². The van der Waals surface area contributed by atoms with Crippen molar-refractivity contribution in [1.29, 1.82) is 0 Å². The SMILES string of the molecule is O[C@@H]1CN(Cc2ccccc2C(F)(F)F)CC[C@H]1Oc1cc(F)cc(F)c1. The summed E-state index contributed by atoms with van der Waals surface area (Å²) in [5, 5.41) is 10.3. The van der Waals surface area contributed by atoms with Gasteiger partial charge in [0.15, 0.2) is 0 Å². The number of β-amino-alcohol motifs (C(OH)–C–C–N with tert-alkyl or cyclic N) is 1. The number of likely N-dealkylation sites (tertiary alicyclic amines) is 1. The van der Waals surface area contributed by atoms with Crippen molar-refractivity contribution in [2.24, 2.45) is 0 Å². The van der Waals surface area contributed by atoms with Gasteiger partial charge in [0, 0.05) is 37.8 Å². The van der Waals surface area contributed by atoms with Crippen LogP contribution in [0.15, 0.2) is 42.5 Å². The van der Waals surface area contributed by atoms with E-state index in [-0.39, 0.29) is 24.4 Å². The molecule has 2 atom stereocenters.